The lowest BCUT2D eigenvalue weighted by molar-refractivity contribution is 0.355. The minimum absolute atomic E-state index is 0.00694. The first-order valence-corrected chi connectivity index (χ1v) is 17.9. The summed E-state index contributed by atoms with van der Waals surface area (Å²) in [5.41, 5.74) is 2.85. The Kier molecular flexibility index (Phi) is 17.2. The van der Waals surface area contributed by atoms with Gasteiger partial charge in [0, 0.05) is 51.5 Å². The fraction of sp³-hybridized carbons (Fsp3) is 0.649. The van der Waals surface area contributed by atoms with Gasteiger partial charge in [-0.25, -0.2) is 4.98 Å². The molecule has 0 bridgehead atoms. The smallest absolute Gasteiger partial charge is 0.179 e. The van der Waals surface area contributed by atoms with Crippen LogP contribution in [0.1, 0.15) is 148 Å². The maximum Gasteiger partial charge on any atom is 0.179 e. The summed E-state index contributed by atoms with van der Waals surface area (Å²) in [4.78, 5) is 4.02. The molecule has 0 atom stereocenters. The van der Waals surface area contributed by atoms with Gasteiger partial charge in [-0.1, -0.05) is 88.3 Å². The predicted molar refractivity (Wildman–Crippen MR) is 213 cm³/mol. The zero-order valence-electron chi connectivity index (χ0n) is 36.0. The van der Waals surface area contributed by atoms with Gasteiger partial charge in [-0.05, 0) is 53.7 Å². The van der Waals surface area contributed by atoms with Crippen LogP contribution in [0.5, 0.6) is 0 Å². The molecule has 6 rings (SSSR count). The van der Waals surface area contributed by atoms with Crippen LogP contribution in [0.3, 0.4) is 0 Å². The Bertz CT molecular complexity index is 1370. The summed E-state index contributed by atoms with van der Waals surface area (Å²) >= 11 is 0. The third-order valence-corrected chi connectivity index (χ3v) is 7.02. The van der Waals surface area contributed by atoms with E-state index in [9.17, 15) is 0 Å². The monoisotopic (exact) mass is 750 g/mol. The molecule has 0 unspecified atom stereocenters. The maximum absolute atomic E-state index is 4.10. The van der Waals surface area contributed by atoms with E-state index in [2.05, 4.69) is 181 Å². The first kappa shape index (κ1) is 46.9. The highest BCUT2D eigenvalue weighted by Crippen LogP contribution is 2.19. The lowest BCUT2D eigenvalue weighted by Gasteiger charge is -2.18. The van der Waals surface area contributed by atoms with Crippen molar-refractivity contribution in [1.29, 1.82) is 0 Å². The fourth-order valence-corrected chi connectivity index (χ4v) is 3.50. The second kappa shape index (κ2) is 19.8. The van der Waals surface area contributed by atoms with Crippen molar-refractivity contribution in [3.8, 4) is 0 Å². The van der Waals surface area contributed by atoms with E-state index in [1.165, 1.54) is 12.0 Å². The van der Waals surface area contributed by atoms with E-state index >= 15 is 0 Å². The Morgan fingerprint density at radius 2 is 1.22 bits per heavy atom. The first-order valence-electron chi connectivity index (χ1n) is 17.9. The van der Waals surface area contributed by atoms with E-state index in [0.29, 0.717) is 0 Å². The molecule has 0 aromatic carbocycles. The van der Waals surface area contributed by atoms with Gasteiger partial charge in [0.25, 0.3) is 0 Å². The molecule has 0 radical (unpaired) electrons. The number of aromatic nitrogens is 17. The Hall–Kier alpha value is -5.09. The fourth-order valence-electron chi connectivity index (χ4n) is 3.50. The molecule has 17 nitrogen and oxygen atoms in total. The normalized spacial score (nSPS) is 11.9. The van der Waals surface area contributed by atoms with E-state index in [1.54, 1.807) is 31.2 Å². The molecule has 0 aliphatic carbocycles. The second-order valence-electron chi connectivity index (χ2n) is 18.6. The van der Waals surface area contributed by atoms with Crippen LogP contribution in [0.25, 0.3) is 0 Å². The molecular weight excluding hydrogens is 683 g/mol. The zero-order chi connectivity index (χ0) is 41.4. The zero-order valence-corrected chi connectivity index (χ0v) is 36.0. The summed E-state index contributed by atoms with van der Waals surface area (Å²) in [7, 11) is 0. The highest BCUT2D eigenvalue weighted by molar-refractivity contribution is 5.09. The van der Waals surface area contributed by atoms with Gasteiger partial charge < -0.3 is 4.57 Å². The Labute approximate surface area is 321 Å². The third kappa shape index (κ3) is 18.6. The van der Waals surface area contributed by atoms with Crippen molar-refractivity contribution in [2.24, 2.45) is 0 Å². The summed E-state index contributed by atoms with van der Waals surface area (Å²) in [5, 5.41) is 48.6. The SMILES string of the molecule is CC(C)(C)c1ccn[nH]1.CC(C)(C)c1cn[nH]n1.CC(C)(C)c1ncn[nH]1.CC(C)(C)c1nn[nH]n1.CC(C)(C)n1cccn1.CC(C)(C)n1cnnc1. The van der Waals surface area contributed by atoms with Gasteiger partial charge in [-0.15, -0.1) is 20.4 Å². The van der Waals surface area contributed by atoms with Crippen LogP contribution < -0.4 is 0 Å². The van der Waals surface area contributed by atoms with E-state index in [-0.39, 0.29) is 32.7 Å². The largest absolute Gasteiger partial charge is 0.315 e. The minimum Gasteiger partial charge on any atom is -0.315 e. The summed E-state index contributed by atoms with van der Waals surface area (Å²) in [6.45, 7) is 37.9. The predicted octanol–water partition coefficient (Wildman–Crippen LogP) is 7.08. The molecule has 0 amide bonds. The molecule has 0 aliphatic heterocycles. The van der Waals surface area contributed by atoms with Crippen molar-refractivity contribution < 1.29 is 0 Å². The van der Waals surface area contributed by atoms with Gasteiger partial charge >= 0.3 is 0 Å². The van der Waals surface area contributed by atoms with Crippen LogP contribution in [-0.2, 0) is 32.7 Å². The highest BCUT2D eigenvalue weighted by Gasteiger charge is 2.18. The van der Waals surface area contributed by atoms with Crippen molar-refractivity contribution in [3.63, 3.8) is 0 Å². The minimum atomic E-state index is 0.00694. The van der Waals surface area contributed by atoms with Gasteiger partial charge in [-0.3, -0.25) is 14.9 Å². The third-order valence-electron chi connectivity index (χ3n) is 7.02. The lowest BCUT2D eigenvalue weighted by atomic mass is 9.93. The molecule has 17 heteroatoms. The highest BCUT2D eigenvalue weighted by atomic mass is 15.5. The quantitative estimate of drug-likeness (QED) is 0.123. The van der Waals surface area contributed by atoms with Crippen molar-refractivity contribution in [3.05, 3.63) is 78.9 Å². The van der Waals surface area contributed by atoms with Gasteiger partial charge in [0.05, 0.1) is 17.4 Å². The number of tetrazole rings is 1. The van der Waals surface area contributed by atoms with E-state index < -0.39 is 0 Å². The summed E-state index contributed by atoms with van der Waals surface area (Å²) < 4.78 is 3.90. The molecule has 6 aromatic rings. The van der Waals surface area contributed by atoms with Crippen molar-refractivity contribution in [1.82, 2.24) is 86.0 Å². The topological polar surface area (TPSA) is 215 Å². The molecule has 6 aromatic heterocycles. The Morgan fingerprint density at radius 3 is 1.44 bits per heavy atom. The van der Waals surface area contributed by atoms with Gasteiger partial charge in [0.2, 0.25) is 0 Å². The molecule has 54 heavy (non-hydrogen) atoms. The van der Waals surface area contributed by atoms with Crippen LogP contribution in [0.15, 0.2) is 55.9 Å². The first-order chi connectivity index (χ1) is 24.6. The summed E-state index contributed by atoms with van der Waals surface area (Å²) in [6.07, 6.45) is 12.3. The van der Waals surface area contributed by atoms with Crippen molar-refractivity contribution >= 4 is 0 Å². The number of hydrogen-bond donors (Lipinski definition) is 4. The number of aromatic amines is 4. The average Bonchev–Trinajstić information content (AvgIpc) is 3.89. The number of H-pyrrole nitrogens is 4. The summed E-state index contributed by atoms with van der Waals surface area (Å²) in [6, 6.07) is 3.94. The Balaban J connectivity index is 0.000000324. The maximum atomic E-state index is 4.10. The van der Waals surface area contributed by atoms with Crippen LogP contribution in [0, 0.1) is 0 Å². The van der Waals surface area contributed by atoms with E-state index in [4.69, 9.17) is 0 Å². The molecule has 0 fully saturated rings. The Morgan fingerprint density at radius 1 is 0.593 bits per heavy atom. The van der Waals surface area contributed by atoms with Gasteiger partial charge in [-0.2, -0.15) is 35.9 Å². The molecular formula is C37H67N17. The van der Waals surface area contributed by atoms with Crippen LogP contribution in [-0.4, -0.2) is 86.0 Å². The molecule has 0 spiro atoms. The van der Waals surface area contributed by atoms with Crippen LogP contribution in [0.2, 0.25) is 0 Å². The van der Waals surface area contributed by atoms with Crippen molar-refractivity contribution in [2.45, 2.75) is 157 Å². The molecule has 4 N–H and O–H groups in total. The average molecular weight is 750 g/mol. The van der Waals surface area contributed by atoms with Crippen molar-refractivity contribution in [2.75, 3.05) is 0 Å². The molecule has 300 valence electrons. The van der Waals surface area contributed by atoms with E-state index in [1.807, 2.05) is 48.3 Å². The lowest BCUT2D eigenvalue weighted by Crippen LogP contribution is -2.21. The molecule has 0 aliphatic rings. The standard InChI is InChI=1S/2C7H12N2.3C6H11N3.C5H10N4/c1-7(2,3)9-6-4-5-8-9;1-7(2,3)6-4-5-8-9-6;1-6(2,3)9-4-7-8-5-9;1-6(2,3)5-7-4-8-9-5;1-6(2,3)5-4-7-9-8-5;1-5(2,3)4-6-8-9-7-4/h4-6H,1-3H3;4-5H,1-3H3,(H,8,9);4-5H,1-3H3;2*4H,1-3H3,(H,7,8,9);1-3H3,(H,6,7,8,9). The molecule has 6 heterocycles. The number of hydrogen-bond acceptors (Lipinski definition) is 11. The van der Waals surface area contributed by atoms with Gasteiger partial charge in [0.15, 0.2) is 5.82 Å². The van der Waals surface area contributed by atoms with Gasteiger partial charge in [0.1, 0.15) is 24.8 Å². The van der Waals surface area contributed by atoms with Crippen LogP contribution in [0.4, 0.5) is 0 Å². The molecule has 0 saturated heterocycles. The number of nitrogens with one attached hydrogen (secondary N) is 4. The van der Waals surface area contributed by atoms with Crippen LogP contribution >= 0.6 is 0 Å². The second-order valence-corrected chi connectivity index (χ2v) is 18.6. The summed E-state index contributed by atoms with van der Waals surface area (Å²) in [5.74, 6) is 1.69. The number of nitrogens with zero attached hydrogens (tertiary/aromatic N) is 13. The number of rotatable bonds is 0. The molecule has 0 saturated carbocycles. The van der Waals surface area contributed by atoms with E-state index in [0.717, 1.165) is 17.3 Å².